The van der Waals surface area contributed by atoms with Gasteiger partial charge in [0.05, 0.1) is 20.6 Å². The molecule has 3 aromatic carbocycles. The standard InChI is InChI=1S/C28H31Cl2N3O4S/c1-5-25(28(35)31-4)32(17-21-12-13-23(29)24(30)16-21)27(34)18-33(26-14-11-19(2)15-20(26)3)38(36,37)22-9-7-6-8-10-22/h6-16,25H,5,17-18H2,1-4H3,(H,31,35)/t25-/m1/s1. The average molecular weight is 577 g/mol. The van der Waals surface area contributed by atoms with Crippen LogP contribution in [0, 0.1) is 13.8 Å². The fourth-order valence-electron chi connectivity index (χ4n) is 4.24. The smallest absolute Gasteiger partial charge is 0.264 e. The number of nitrogens with zero attached hydrogens (tertiary/aromatic N) is 2. The molecule has 0 saturated carbocycles. The van der Waals surface area contributed by atoms with Gasteiger partial charge in [-0.2, -0.15) is 0 Å². The molecule has 10 heteroatoms. The van der Waals surface area contributed by atoms with Crippen LogP contribution in [0.25, 0.3) is 0 Å². The lowest BCUT2D eigenvalue weighted by Gasteiger charge is -2.33. The molecule has 0 heterocycles. The van der Waals surface area contributed by atoms with Gasteiger partial charge in [0, 0.05) is 13.6 Å². The summed E-state index contributed by atoms with van der Waals surface area (Å²) in [7, 11) is -2.62. The molecule has 1 atom stereocenters. The summed E-state index contributed by atoms with van der Waals surface area (Å²) in [6.07, 6.45) is 0.321. The number of hydrogen-bond donors (Lipinski definition) is 1. The van der Waals surface area contributed by atoms with E-state index in [2.05, 4.69) is 5.32 Å². The zero-order valence-corrected chi connectivity index (χ0v) is 24.1. The summed E-state index contributed by atoms with van der Waals surface area (Å²) >= 11 is 12.3. The van der Waals surface area contributed by atoms with Gasteiger partial charge in [0.2, 0.25) is 11.8 Å². The van der Waals surface area contributed by atoms with Crippen LogP contribution < -0.4 is 9.62 Å². The molecule has 38 heavy (non-hydrogen) atoms. The van der Waals surface area contributed by atoms with Crippen LogP contribution in [0.15, 0.2) is 71.6 Å². The second kappa shape index (κ2) is 12.7. The Bertz CT molecular complexity index is 1410. The molecule has 0 aliphatic heterocycles. The largest absolute Gasteiger partial charge is 0.357 e. The van der Waals surface area contributed by atoms with Crippen molar-refractivity contribution in [2.24, 2.45) is 0 Å². The van der Waals surface area contributed by atoms with Crippen LogP contribution in [0.1, 0.15) is 30.0 Å². The van der Waals surface area contributed by atoms with E-state index >= 15 is 0 Å². The molecule has 202 valence electrons. The summed E-state index contributed by atoms with van der Waals surface area (Å²) < 4.78 is 28.8. The molecule has 1 N–H and O–H groups in total. The summed E-state index contributed by atoms with van der Waals surface area (Å²) in [4.78, 5) is 28.2. The molecule has 7 nitrogen and oxygen atoms in total. The molecule has 0 fully saturated rings. The van der Waals surface area contributed by atoms with E-state index in [9.17, 15) is 18.0 Å². The van der Waals surface area contributed by atoms with Gasteiger partial charge in [-0.05, 0) is 61.7 Å². The van der Waals surface area contributed by atoms with E-state index < -0.39 is 28.5 Å². The highest BCUT2D eigenvalue weighted by Gasteiger charge is 2.34. The summed E-state index contributed by atoms with van der Waals surface area (Å²) in [5.74, 6) is -0.893. The maximum Gasteiger partial charge on any atom is 0.264 e. The molecule has 0 saturated heterocycles. The number of rotatable bonds is 10. The quantitative estimate of drug-likeness (QED) is 0.352. The van der Waals surface area contributed by atoms with Crippen molar-refractivity contribution < 1.29 is 18.0 Å². The Morgan fingerprint density at radius 1 is 0.947 bits per heavy atom. The Morgan fingerprint density at radius 2 is 1.63 bits per heavy atom. The second-order valence-corrected chi connectivity index (χ2v) is 11.6. The van der Waals surface area contributed by atoms with Crippen molar-refractivity contribution in [1.82, 2.24) is 10.2 Å². The summed E-state index contributed by atoms with van der Waals surface area (Å²) in [6.45, 7) is 5.03. The molecule has 3 aromatic rings. The van der Waals surface area contributed by atoms with E-state index in [0.717, 1.165) is 9.87 Å². The van der Waals surface area contributed by atoms with Gasteiger partial charge in [0.25, 0.3) is 10.0 Å². The third kappa shape index (κ3) is 6.67. The van der Waals surface area contributed by atoms with Gasteiger partial charge in [-0.3, -0.25) is 13.9 Å². The predicted molar refractivity (Wildman–Crippen MR) is 152 cm³/mol. The molecule has 0 spiro atoms. The van der Waals surface area contributed by atoms with Crippen molar-refractivity contribution in [2.45, 2.75) is 44.7 Å². The minimum absolute atomic E-state index is 0.0355. The van der Waals surface area contributed by atoms with E-state index in [1.807, 2.05) is 13.0 Å². The Hall–Kier alpha value is -3.07. The van der Waals surface area contributed by atoms with Gasteiger partial charge in [-0.25, -0.2) is 8.42 Å². The van der Waals surface area contributed by atoms with E-state index in [-0.39, 0.29) is 17.3 Å². The van der Waals surface area contributed by atoms with E-state index in [4.69, 9.17) is 23.2 Å². The first-order valence-corrected chi connectivity index (χ1v) is 14.3. The van der Waals surface area contributed by atoms with Crippen molar-refractivity contribution in [3.8, 4) is 0 Å². The number of benzene rings is 3. The monoisotopic (exact) mass is 575 g/mol. The fraction of sp³-hybridized carbons (Fsp3) is 0.286. The first kappa shape index (κ1) is 29.5. The molecule has 0 unspecified atom stereocenters. The summed E-state index contributed by atoms with van der Waals surface area (Å²) in [5.41, 5.74) is 2.70. The summed E-state index contributed by atoms with van der Waals surface area (Å²) in [5, 5.41) is 3.28. The van der Waals surface area contributed by atoms with Crippen LogP contribution in [-0.2, 0) is 26.2 Å². The number of carbonyl (C=O) groups excluding carboxylic acids is 2. The Kier molecular flexibility index (Phi) is 9.82. The average Bonchev–Trinajstić information content (AvgIpc) is 2.89. The van der Waals surface area contributed by atoms with Gasteiger partial charge in [-0.15, -0.1) is 0 Å². The van der Waals surface area contributed by atoms with E-state index in [1.54, 1.807) is 62.4 Å². The lowest BCUT2D eigenvalue weighted by molar-refractivity contribution is -0.140. The van der Waals surface area contributed by atoms with Crippen molar-refractivity contribution >= 4 is 50.7 Å². The van der Waals surface area contributed by atoms with Crippen molar-refractivity contribution in [3.05, 3.63) is 93.5 Å². The number of hydrogen-bond acceptors (Lipinski definition) is 4. The number of nitrogens with one attached hydrogen (secondary N) is 1. The first-order valence-electron chi connectivity index (χ1n) is 12.1. The molecular formula is C28H31Cl2N3O4S. The van der Waals surface area contributed by atoms with Crippen LogP contribution in [0.5, 0.6) is 0 Å². The fourth-order valence-corrected chi connectivity index (χ4v) is 6.06. The van der Waals surface area contributed by atoms with Crippen LogP contribution in [0.2, 0.25) is 10.0 Å². The van der Waals surface area contributed by atoms with Gasteiger partial charge in [0.1, 0.15) is 12.6 Å². The Morgan fingerprint density at radius 3 is 2.21 bits per heavy atom. The maximum atomic E-state index is 13.9. The molecule has 2 amide bonds. The third-order valence-corrected chi connectivity index (χ3v) is 8.71. The number of likely N-dealkylation sites (N-methyl/N-ethyl adjacent to an activating group) is 1. The van der Waals surface area contributed by atoms with Gasteiger partial charge in [0.15, 0.2) is 0 Å². The van der Waals surface area contributed by atoms with E-state index in [1.165, 1.54) is 24.1 Å². The minimum atomic E-state index is -4.11. The molecular weight excluding hydrogens is 545 g/mol. The van der Waals surface area contributed by atoms with Gasteiger partial charge in [-0.1, -0.05) is 72.1 Å². The molecule has 3 rings (SSSR count). The predicted octanol–water partition coefficient (Wildman–Crippen LogP) is 5.36. The minimum Gasteiger partial charge on any atom is -0.357 e. The number of anilines is 1. The van der Waals surface area contributed by atoms with Crippen LogP contribution in [0.3, 0.4) is 0 Å². The van der Waals surface area contributed by atoms with Gasteiger partial charge >= 0.3 is 0 Å². The number of sulfonamides is 1. The highest BCUT2D eigenvalue weighted by molar-refractivity contribution is 7.92. The number of halogens is 2. The topological polar surface area (TPSA) is 86.8 Å². The molecule has 0 bridgehead atoms. The van der Waals surface area contributed by atoms with Crippen molar-refractivity contribution in [3.63, 3.8) is 0 Å². The zero-order chi connectivity index (χ0) is 28.0. The zero-order valence-electron chi connectivity index (χ0n) is 21.7. The Labute approximate surface area is 234 Å². The number of aryl methyl sites for hydroxylation is 2. The van der Waals surface area contributed by atoms with Crippen molar-refractivity contribution in [1.29, 1.82) is 0 Å². The summed E-state index contributed by atoms with van der Waals surface area (Å²) in [6, 6.07) is 17.4. The molecule has 0 aliphatic rings. The normalized spacial score (nSPS) is 12.1. The molecule has 0 radical (unpaired) electrons. The highest BCUT2D eigenvalue weighted by Crippen LogP contribution is 2.29. The van der Waals surface area contributed by atoms with Crippen LogP contribution in [-0.4, -0.2) is 44.8 Å². The molecule has 0 aliphatic carbocycles. The maximum absolute atomic E-state index is 13.9. The van der Waals surface area contributed by atoms with E-state index in [0.29, 0.717) is 33.3 Å². The SMILES string of the molecule is CC[C@H](C(=O)NC)N(Cc1ccc(Cl)c(Cl)c1)C(=O)CN(c1ccc(C)cc1C)S(=O)(=O)c1ccccc1. The molecule has 0 aromatic heterocycles. The van der Waals surface area contributed by atoms with Crippen LogP contribution >= 0.6 is 23.2 Å². The lowest BCUT2D eigenvalue weighted by atomic mass is 10.1. The van der Waals surface area contributed by atoms with Gasteiger partial charge < -0.3 is 10.2 Å². The Balaban J connectivity index is 2.09. The third-order valence-electron chi connectivity index (χ3n) is 6.20. The van der Waals surface area contributed by atoms with Crippen LogP contribution in [0.4, 0.5) is 5.69 Å². The highest BCUT2D eigenvalue weighted by atomic mass is 35.5. The van der Waals surface area contributed by atoms with Crippen molar-refractivity contribution in [2.75, 3.05) is 17.9 Å². The number of amides is 2. The second-order valence-electron chi connectivity index (χ2n) is 8.92. The lowest BCUT2D eigenvalue weighted by Crippen LogP contribution is -2.51. The first-order chi connectivity index (χ1) is 18.0. The number of carbonyl (C=O) groups is 2.